The number of hydrogen-bond donors (Lipinski definition) is 0. The lowest BCUT2D eigenvalue weighted by atomic mass is 10.2. The minimum Gasteiger partial charge on any atom is -0.385 e. The molecule has 1 aromatic carbocycles. The van der Waals surface area contributed by atoms with Gasteiger partial charge in [-0.15, -0.1) is 10.2 Å². The highest BCUT2D eigenvalue weighted by Gasteiger charge is 2.22. The van der Waals surface area contributed by atoms with Gasteiger partial charge in [0.15, 0.2) is 5.16 Å². The molecule has 24 heavy (non-hydrogen) atoms. The third-order valence-electron chi connectivity index (χ3n) is 3.99. The van der Waals surface area contributed by atoms with Crippen molar-refractivity contribution in [3.05, 3.63) is 29.8 Å². The molecule has 6 nitrogen and oxygen atoms in total. The number of hydrogen-bond acceptors (Lipinski definition) is 6. The largest absolute Gasteiger partial charge is 0.385 e. The Kier molecular flexibility index (Phi) is 6.12. The van der Waals surface area contributed by atoms with Gasteiger partial charge in [0.2, 0.25) is 5.95 Å². The topological polar surface area (TPSA) is 52.4 Å². The summed E-state index contributed by atoms with van der Waals surface area (Å²) in [6.07, 6.45) is 0.995. The number of ether oxygens (including phenoxy) is 2. The molecule has 0 aliphatic carbocycles. The van der Waals surface area contributed by atoms with E-state index in [4.69, 9.17) is 9.47 Å². The van der Waals surface area contributed by atoms with Crippen LogP contribution in [0.15, 0.2) is 29.4 Å². The van der Waals surface area contributed by atoms with Crippen molar-refractivity contribution in [3.8, 4) is 5.69 Å². The third kappa shape index (κ3) is 3.91. The third-order valence-corrected chi connectivity index (χ3v) is 5.01. The molecule has 1 aromatic heterocycles. The van der Waals surface area contributed by atoms with Crippen LogP contribution in [-0.2, 0) is 9.47 Å². The highest BCUT2D eigenvalue weighted by Crippen LogP contribution is 2.29. The van der Waals surface area contributed by atoms with E-state index in [9.17, 15) is 0 Å². The number of aryl methyl sites for hydroxylation is 1. The maximum atomic E-state index is 5.47. The fraction of sp³-hybridized carbons (Fsp3) is 0.529. The quantitative estimate of drug-likeness (QED) is 0.566. The van der Waals surface area contributed by atoms with Gasteiger partial charge in [-0.05, 0) is 25.0 Å². The van der Waals surface area contributed by atoms with Gasteiger partial charge in [0.1, 0.15) is 0 Å². The second kappa shape index (κ2) is 8.50. The summed E-state index contributed by atoms with van der Waals surface area (Å²) in [5.74, 6) is 1.86. The molecule has 7 heteroatoms. The summed E-state index contributed by atoms with van der Waals surface area (Å²) >= 11 is 1.73. The number of anilines is 1. The molecule has 0 unspecified atom stereocenters. The van der Waals surface area contributed by atoms with Gasteiger partial charge in [-0.3, -0.25) is 4.57 Å². The van der Waals surface area contributed by atoms with Crippen LogP contribution < -0.4 is 4.90 Å². The first-order chi connectivity index (χ1) is 11.8. The number of benzene rings is 1. The smallest absolute Gasteiger partial charge is 0.232 e. The molecule has 3 rings (SSSR count). The van der Waals surface area contributed by atoms with Crippen molar-refractivity contribution in [3.63, 3.8) is 0 Å². The molecule has 2 aromatic rings. The molecule has 0 bridgehead atoms. The van der Waals surface area contributed by atoms with Crippen molar-refractivity contribution < 1.29 is 9.47 Å². The zero-order chi connectivity index (χ0) is 16.8. The van der Waals surface area contributed by atoms with E-state index in [0.717, 1.165) is 61.9 Å². The molecular weight excluding hydrogens is 324 g/mol. The molecule has 0 atom stereocenters. The normalized spacial score (nSPS) is 15.0. The molecule has 1 aliphatic rings. The molecule has 0 saturated carbocycles. The molecule has 1 aliphatic heterocycles. The predicted octanol–water partition coefficient (Wildman–Crippen LogP) is 2.54. The number of rotatable bonds is 7. The molecule has 2 heterocycles. The Morgan fingerprint density at radius 2 is 2.00 bits per heavy atom. The fourth-order valence-corrected chi connectivity index (χ4v) is 3.57. The van der Waals surface area contributed by atoms with Crippen molar-refractivity contribution in [2.75, 3.05) is 50.7 Å². The second-order valence-corrected chi connectivity index (χ2v) is 6.76. The Morgan fingerprint density at radius 1 is 1.21 bits per heavy atom. The van der Waals surface area contributed by atoms with Crippen LogP contribution in [0.25, 0.3) is 5.69 Å². The SMILES string of the molecule is COCCCSc1nnc(N2CCOCC2)n1-c1ccccc1C. The summed E-state index contributed by atoms with van der Waals surface area (Å²) in [5, 5.41) is 9.88. The lowest BCUT2D eigenvalue weighted by Crippen LogP contribution is -2.38. The van der Waals surface area contributed by atoms with Crippen molar-refractivity contribution in [2.24, 2.45) is 0 Å². The Bertz CT molecular complexity index is 656. The average Bonchev–Trinajstić information content (AvgIpc) is 3.03. The minimum absolute atomic E-state index is 0.733. The van der Waals surface area contributed by atoms with E-state index in [0.29, 0.717) is 0 Å². The fourth-order valence-electron chi connectivity index (χ4n) is 2.72. The monoisotopic (exact) mass is 348 g/mol. The van der Waals surface area contributed by atoms with E-state index in [2.05, 4.69) is 50.9 Å². The molecule has 0 spiro atoms. The van der Waals surface area contributed by atoms with Crippen LogP contribution in [0.2, 0.25) is 0 Å². The highest BCUT2D eigenvalue weighted by molar-refractivity contribution is 7.99. The zero-order valence-corrected chi connectivity index (χ0v) is 15.1. The first-order valence-corrected chi connectivity index (χ1v) is 9.25. The van der Waals surface area contributed by atoms with Crippen LogP contribution in [-0.4, -0.2) is 60.5 Å². The summed E-state index contributed by atoms with van der Waals surface area (Å²) in [5.41, 5.74) is 2.35. The number of morpholine rings is 1. The second-order valence-electron chi connectivity index (χ2n) is 5.70. The van der Waals surface area contributed by atoms with Gasteiger partial charge in [-0.25, -0.2) is 0 Å². The van der Waals surface area contributed by atoms with E-state index >= 15 is 0 Å². The van der Waals surface area contributed by atoms with Gasteiger partial charge in [0, 0.05) is 32.6 Å². The van der Waals surface area contributed by atoms with Crippen molar-refractivity contribution in [1.29, 1.82) is 0 Å². The molecular formula is C17H24N4O2S. The van der Waals surface area contributed by atoms with Crippen molar-refractivity contribution in [2.45, 2.75) is 18.5 Å². The number of thioether (sulfide) groups is 1. The van der Waals surface area contributed by atoms with Crippen molar-refractivity contribution >= 4 is 17.7 Å². The van der Waals surface area contributed by atoms with Crippen LogP contribution in [0.1, 0.15) is 12.0 Å². The van der Waals surface area contributed by atoms with E-state index in [1.54, 1.807) is 18.9 Å². The lowest BCUT2D eigenvalue weighted by Gasteiger charge is -2.28. The van der Waals surface area contributed by atoms with Crippen LogP contribution in [0, 0.1) is 6.92 Å². The minimum atomic E-state index is 0.733. The summed E-state index contributed by atoms with van der Waals surface area (Å²) < 4.78 is 12.8. The number of nitrogens with zero attached hydrogens (tertiary/aromatic N) is 4. The molecule has 130 valence electrons. The molecule has 1 saturated heterocycles. The molecule has 0 N–H and O–H groups in total. The van der Waals surface area contributed by atoms with Gasteiger partial charge in [0.25, 0.3) is 0 Å². The first kappa shape index (κ1) is 17.3. The van der Waals surface area contributed by atoms with Crippen LogP contribution >= 0.6 is 11.8 Å². The highest BCUT2D eigenvalue weighted by atomic mass is 32.2. The van der Waals surface area contributed by atoms with Gasteiger partial charge in [-0.1, -0.05) is 30.0 Å². The molecule has 0 amide bonds. The standard InChI is InChI=1S/C17H24N4O2S/c1-14-6-3-4-7-15(14)21-16(20-8-11-23-12-9-20)18-19-17(21)24-13-5-10-22-2/h3-4,6-7H,5,8-13H2,1-2H3. The van der Waals surface area contributed by atoms with Gasteiger partial charge >= 0.3 is 0 Å². The number of para-hydroxylation sites is 1. The van der Waals surface area contributed by atoms with Crippen LogP contribution in [0.4, 0.5) is 5.95 Å². The summed E-state index contributed by atoms with van der Waals surface area (Å²) in [6.45, 7) is 6.05. The van der Waals surface area contributed by atoms with E-state index in [1.807, 2.05) is 0 Å². The Balaban J connectivity index is 1.91. The maximum absolute atomic E-state index is 5.47. The Morgan fingerprint density at radius 3 is 2.75 bits per heavy atom. The Hall–Kier alpha value is -1.57. The van der Waals surface area contributed by atoms with E-state index < -0.39 is 0 Å². The summed E-state index contributed by atoms with van der Waals surface area (Å²) in [4.78, 5) is 2.25. The Labute approximate surface area is 147 Å². The summed E-state index contributed by atoms with van der Waals surface area (Å²) in [7, 11) is 1.73. The predicted molar refractivity (Wildman–Crippen MR) is 96.3 cm³/mol. The first-order valence-electron chi connectivity index (χ1n) is 8.27. The van der Waals surface area contributed by atoms with Crippen LogP contribution in [0.5, 0.6) is 0 Å². The molecule has 1 fully saturated rings. The molecule has 0 radical (unpaired) electrons. The van der Waals surface area contributed by atoms with E-state index in [1.165, 1.54) is 5.56 Å². The number of methoxy groups -OCH3 is 1. The maximum Gasteiger partial charge on any atom is 0.232 e. The zero-order valence-electron chi connectivity index (χ0n) is 14.3. The van der Waals surface area contributed by atoms with Gasteiger partial charge in [0.05, 0.1) is 18.9 Å². The van der Waals surface area contributed by atoms with Gasteiger partial charge in [-0.2, -0.15) is 0 Å². The summed E-state index contributed by atoms with van der Waals surface area (Å²) in [6, 6.07) is 8.37. The van der Waals surface area contributed by atoms with Crippen molar-refractivity contribution in [1.82, 2.24) is 14.8 Å². The van der Waals surface area contributed by atoms with E-state index in [-0.39, 0.29) is 0 Å². The van der Waals surface area contributed by atoms with Gasteiger partial charge < -0.3 is 14.4 Å². The van der Waals surface area contributed by atoms with Crippen LogP contribution in [0.3, 0.4) is 0 Å². The number of aromatic nitrogens is 3. The average molecular weight is 348 g/mol. The lowest BCUT2D eigenvalue weighted by molar-refractivity contribution is 0.122.